The predicted octanol–water partition coefficient (Wildman–Crippen LogP) is 4.53. The number of thiophene rings is 1. The Kier molecular flexibility index (Phi) is 5.95. The van der Waals surface area contributed by atoms with Crippen LogP contribution < -0.4 is 14.8 Å². The van der Waals surface area contributed by atoms with Crippen molar-refractivity contribution >= 4 is 23.0 Å². The topological polar surface area (TPSA) is 64.6 Å². The molecule has 6 heteroatoms. The molecule has 148 valence electrons. The molecule has 1 saturated carbocycles. The number of carbonyl (C=O) groups is 2. The molecular formula is C22H25NO4S. The first-order chi connectivity index (χ1) is 13.7. The Balaban J connectivity index is 1.35. The van der Waals surface area contributed by atoms with Gasteiger partial charge in [-0.05, 0) is 48.4 Å². The molecule has 1 fully saturated rings. The van der Waals surface area contributed by atoms with Gasteiger partial charge in [0, 0.05) is 23.3 Å². The lowest BCUT2D eigenvalue weighted by Crippen LogP contribution is -2.32. The summed E-state index contributed by atoms with van der Waals surface area (Å²) in [5, 5.41) is 5.24. The van der Waals surface area contributed by atoms with Gasteiger partial charge in [0.1, 0.15) is 13.2 Å². The number of benzene rings is 1. The molecule has 4 rings (SSSR count). The van der Waals surface area contributed by atoms with Gasteiger partial charge in [-0.2, -0.15) is 0 Å². The molecule has 2 aromatic rings. The van der Waals surface area contributed by atoms with Crippen molar-refractivity contribution in [2.24, 2.45) is 5.92 Å². The van der Waals surface area contributed by atoms with Crippen molar-refractivity contribution in [1.82, 2.24) is 5.32 Å². The van der Waals surface area contributed by atoms with Gasteiger partial charge >= 0.3 is 0 Å². The number of amides is 1. The molecule has 0 bridgehead atoms. The van der Waals surface area contributed by atoms with Gasteiger partial charge in [0.2, 0.25) is 5.91 Å². The third kappa shape index (κ3) is 4.38. The molecule has 0 radical (unpaired) electrons. The number of rotatable bonds is 7. The Morgan fingerprint density at radius 3 is 2.61 bits per heavy atom. The number of ketones is 1. The van der Waals surface area contributed by atoms with Crippen molar-refractivity contribution in [2.75, 3.05) is 13.2 Å². The van der Waals surface area contributed by atoms with E-state index in [2.05, 4.69) is 16.8 Å². The van der Waals surface area contributed by atoms with Crippen LogP contribution in [0, 0.1) is 5.92 Å². The third-order valence-electron chi connectivity index (χ3n) is 5.48. The lowest BCUT2D eigenvalue weighted by Gasteiger charge is -2.23. The summed E-state index contributed by atoms with van der Waals surface area (Å²) in [7, 11) is 0. The second-order valence-corrected chi connectivity index (χ2v) is 8.37. The van der Waals surface area contributed by atoms with E-state index in [-0.39, 0.29) is 30.6 Å². The van der Waals surface area contributed by atoms with E-state index in [1.165, 1.54) is 17.7 Å². The van der Waals surface area contributed by atoms with E-state index in [0.29, 0.717) is 36.2 Å². The van der Waals surface area contributed by atoms with Gasteiger partial charge < -0.3 is 14.8 Å². The molecule has 1 amide bonds. The molecule has 1 atom stereocenters. The molecule has 1 aromatic heterocycles. The highest BCUT2D eigenvalue weighted by atomic mass is 32.1. The maximum Gasteiger partial charge on any atom is 0.220 e. The average molecular weight is 400 g/mol. The lowest BCUT2D eigenvalue weighted by atomic mass is 9.96. The van der Waals surface area contributed by atoms with E-state index >= 15 is 0 Å². The quantitative estimate of drug-likeness (QED) is 0.695. The van der Waals surface area contributed by atoms with Crippen LogP contribution >= 0.6 is 11.3 Å². The number of ether oxygens (including phenoxy) is 2. The summed E-state index contributed by atoms with van der Waals surface area (Å²) in [6, 6.07) is 9.39. The van der Waals surface area contributed by atoms with Gasteiger partial charge in [-0.25, -0.2) is 0 Å². The van der Waals surface area contributed by atoms with Crippen molar-refractivity contribution in [3.63, 3.8) is 0 Å². The number of Topliss-reactive ketones (excluding diaryl/α,β-unsaturated/α-hetero) is 1. The molecule has 5 nitrogen and oxygen atoms in total. The van der Waals surface area contributed by atoms with Crippen molar-refractivity contribution in [1.29, 1.82) is 0 Å². The molecule has 28 heavy (non-hydrogen) atoms. The fraction of sp³-hybridized carbons (Fsp3) is 0.455. The Morgan fingerprint density at radius 1 is 1.07 bits per heavy atom. The summed E-state index contributed by atoms with van der Waals surface area (Å²) in [5.41, 5.74) is 0.558. The van der Waals surface area contributed by atoms with Crippen molar-refractivity contribution < 1.29 is 19.1 Å². The van der Waals surface area contributed by atoms with Crippen LogP contribution in [0.4, 0.5) is 0 Å². The smallest absolute Gasteiger partial charge is 0.220 e. The zero-order valence-electron chi connectivity index (χ0n) is 15.8. The number of hydrogen-bond donors (Lipinski definition) is 1. The van der Waals surface area contributed by atoms with Crippen molar-refractivity contribution in [3.8, 4) is 11.5 Å². The van der Waals surface area contributed by atoms with Crippen LogP contribution in [0.3, 0.4) is 0 Å². The normalized spacial score (nSPS) is 17.3. The highest BCUT2D eigenvalue weighted by molar-refractivity contribution is 7.10. The number of hydrogen-bond acceptors (Lipinski definition) is 5. The first-order valence-electron chi connectivity index (χ1n) is 9.96. The lowest BCUT2D eigenvalue weighted by molar-refractivity contribution is -0.122. The first kappa shape index (κ1) is 19.0. The summed E-state index contributed by atoms with van der Waals surface area (Å²) in [6.45, 7) is 1.01. The second-order valence-electron chi connectivity index (χ2n) is 7.39. The van der Waals surface area contributed by atoms with E-state index in [1.54, 1.807) is 29.5 Å². The maximum absolute atomic E-state index is 12.6. The molecule has 0 saturated heterocycles. The van der Waals surface area contributed by atoms with Crippen LogP contribution in [-0.2, 0) is 4.79 Å². The van der Waals surface area contributed by atoms with Crippen LogP contribution in [0.15, 0.2) is 35.7 Å². The molecule has 1 aliphatic heterocycles. The van der Waals surface area contributed by atoms with Gasteiger partial charge in [0.25, 0.3) is 0 Å². The Morgan fingerprint density at radius 2 is 1.86 bits per heavy atom. The van der Waals surface area contributed by atoms with Crippen molar-refractivity contribution in [2.45, 2.75) is 44.6 Å². The maximum atomic E-state index is 12.6. The molecule has 2 heterocycles. The SMILES string of the molecule is O=C(CCC(=O)c1ccc2c(c1)OCCO2)NC(c1cccs1)C1CCCC1. The summed E-state index contributed by atoms with van der Waals surface area (Å²) >= 11 is 1.69. The van der Waals surface area contributed by atoms with E-state index in [9.17, 15) is 9.59 Å². The molecule has 2 aliphatic rings. The highest BCUT2D eigenvalue weighted by Crippen LogP contribution is 2.37. The zero-order valence-corrected chi connectivity index (χ0v) is 16.6. The summed E-state index contributed by atoms with van der Waals surface area (Å²) in [6.07, 6.45) is 5.14. The molecule has 0 spiro atoms. The van der Waals surface area contributed by atoms with Crippen molar-refractivity contribution in [3.05, 3.63) is 46.2 Å². The van der Waals surface area contributed by atoms with Gasteiger partial charge in [-0.3, -0.25) is 9.59 Å². The van der Waals surface area contributed by atoms with E-state index in [1.807, 2.05) is 6.07 Å². The Bertz CT molecular complexity index is 827. The van der Waals surface area contributed by atoms with Gasteiger partial charge in [-0.15, -0.1) is 11.3 Å². The number of nitrogens with one attached hydrogen (secondary N) is 1. The third-order valence-corrected chi connectivity index (χ3v) is 6.44. The van der Waals surface area contributed by atoms with E-state index < -0.39 is 0 Å². The standard InChI is InChI=1S/C22H25NO4S/c24-17(16-7-9-18-19(14-16)27-12-11-26-18)8-10-21(25)23-22(15-4-1-2-5-15)20-6-3-13-28-20/h3,6-7,9,13-15,22H,1-2,4-5,8,10-12H2,(H,23,25). The molecule has 1 N–H and O–H groups in total. The van der Waals surface area contributed by atoms with Crippen LogP contribution in [0.2, 0.25) is 0 Å². The minimum absolute atomic E-state index is 0.0549. The largest absolute Gasteiger partial charge is 0.486 e. The van der Waals surface area contributed by atoms with E-state index in [4.69, 9.17) is 9.47 Å². The van der Waals surface area contributed by atoms with Crippen LogP contribution in [-0.4, -0.2) is 24.9 Å². The minimum Gasteiger partial charge on any atom is -0.486 e. The highest BCUT2D eigenvalue weighted by Gasteiger charge is 2.28. The number of carbonyl (C=O) groups excluding carboxylic acids is 2. The molecule has 1 unspecified atom stereocenters. The summed E-state index contributed by atoms with van der Waals surface area (Å²) < 4.78 is 11.0. The Labute approximate surface area is 169 Å². The average Bonchev–Trinajstić information content (AvgIpc) is 3.44. The number of fused-ring (bicyclic) bond motifs is 1. The second kappa shape index (κ2) is 8.78. The van der Waals surface area contributed by atoms with Crippen LogP contribution in [0.1, 0.15) is 59.8 Å². The van der Waals surface area contributed by atoms with Gasteiger partial charge in [0.05, 0.1) is 6.04 Å². The predicted molar refractivity (Wildman–Crippen MR) is 108 cm³/mol. The minimum atomic E-state index is -0.0591. The Hall–Kier alpha value is -2.34. The summed E-state index contributed by atoms with van der Waals surface area (Å²) in [4.78, 5) is 26.3. The van der Waals surface area contributed by atoms with Crippen LogP contribution in [0.5, 0.6) is 11.5 Å². The molecular weight excluding hydrogens is 374 g/mol. The van der Waals surface area contributed by atoms with E-state index in [0.717, 1.165) is 12.8 Å². The van der Waals surface area contributed by atoms with Crippen LogP contribution in [0.25, 0.3) is 0 Å². The van der Waals surface area contributed by atoms with Gasteiger partial charge in [0.15, 0.2) is 17.3 Å². The monoisotopic (exact) mass is 399 g/mol. The fourth-order valence-electron chi connectivity index (χ4n) is 4.01. The zero-order chi connectivity index (χ0) is 19.3. The fourth-order valence-corrected chi connectivity index (χ4v) is 4.88. The van der Waals surface area contributed by atoms with Gasteiger partial charge in [-0.1, -0.05) is 18.9 Å². The molecule has 1 aromatic carbocycles. The molecule has 1 aliphatic carbocycles. The summed E-state index contributed by atoms with van der Waals surface area (Å²) in [5.74, 6) is 1.64. The first-order valence-corrected chi connectivity index (χ1v) is 10.8.